The zero-order chi connectivity index (χ0) is 12.6. The molecule has 0 saturated heterocycles. The van der Waals surface area contributed by atoms with Crippen LogP contribution >= 0.6 is 12.0 Å². The molecule has 0 radical (unpaired) electrons. The van der Waals surface area contributed by atoms with E-state index in [9.17, 15) is 13.2 Å². The maximum absolute atomic E-state index is 10.8. The minimum atomic E-state index is -4.28. The van der Waals surface area contributed by atoms with Crippen molar-refractivity contribution in [3.8, 4) is 0 Å². The van der Waals surface area contributed by atoms with Crippen LogP contribution in [0.4, 0.5) is 0 Å². The molecule has 0 aromatic carbocycles. The van der Waals surface area contributed by atoms with Crippen LogP contribution in [0.5, 0.6) is 0 Å². The average Bonchev–Trinajstić information content (AvgIpc) is 2.14. The maximum Gasteiger partial charge on any atom is 0.303 e. The molecule has 16 heavy (non-hydrogen) atoms. The lowest BCUT2D eigenvalue weighted by Gasteiger charge is -2.11. The van der Waals surface area contributed by atoms with Gasteiger partial charge < -0.3 is 5.11 Å². The van der Waals surface area contributed by atoms with Gasteiger partial charge in [-0.05, 0) is 12.8 Å². The fourth-order valence-electron chi connectivity index (χ4n) is 0.962. The van der Waals surface area contributed by atoms with Crippen LogP contribution in [0.15, 0.2) is 0 Å². The van der Waals surface area contributed by atoms with E-state index in [1.54, 1.807) is 0 Å². The number of hydrogen-bond acceptors (Lipinski definition) is 7. The van der Waals surface area contributed by atoms with Gasteiger partial charge in [-0.25, -0.2) is 5.26 Å². The van der Waals surface area contributed by atoms with Crippen molar-refractivity contribution in [1.82, 2.24) is 0 Å². The highest BCUT2D eigenvalue weighted by atomic mass is 32.2. The molecule has 10 heteroatoms. The van der Waals surface area contributed by atoms with Gasteiger partial charge in [0, 0.05) is 24.2 Å². The quantitative estimate of drug-likeness (QED) is 0.182. The van der Waals surface area contributed by atoms with Crippen LogP contribution in [0.1, 0.15) is 19.3 Å². The summed E-state index contributed by atoms with van der Waals surface area (Å²) in [7, 11) is -4.28. The molecule has 0 amide bonds. The number of aliphatic carboxylic acids is 1. The molecule has 0 aliphatic carbocycles. The lowest BCUT2D eigenvalue weighted by atomic mass is 10.2. The third kappa shape index (κ3) is 7.84. The minimum absolute atomic E-state index is 0.0137. The molecule has 0 spiro atoms. The second-order valence-electron chi connectivity index (χ2n) is 2.82. The summed E-state index contributed by atoms with van der Waals surface area (Å²) >= 11 is 0.637. The topological polar surface area (TPSA) is 130 Å². The summed E-state index contributed by atoms with van der Waals surface area (Å²) in [6.45, 7) is 0. The Morgan fingerprint density at radius 3 is 2.44 bits per heavy atom. The first-order valence-corrected chi connectivity index (χ1v) is 6.57. The predicted molar refractivity (Wildman–Crippen MR) is 54.1 cm³/mol. The molecule has 0 bridgehead atoms. The Morgan fingerprint density at radius 2 is 2.00 bits per heavy atom. The van der Waals surface area contributed by atoms with Gasteiger partial charge in [-0.2, -0.15) is 8.42 Å². The van der Waals surface area contributed by atoms with E-state index in [4.69, 9.17) is 14.9 Å². The molecule has 96 valence electrons. The molecule has 0 fully saturated rings. The van der Waals surface area contributed by atoms with Gasteiger partial charge in [-0.1, -0.05) is 5.04 Å². The van der Waals surface area contributed by atoms with E-state index in [2.05, 4.69) is 9.37 Å². The van der Waals surface area contributed by atoms with Crippen molar-refractivity contribution in [2.75, 3.05) is 5.75 Å². The Bertz CT molecular complexity index is 300. The second-order valence-corrected chi connectivity index (χ2v) is 5.30. The van der Waals surface area contributed by atoms with E-state index in [1.165, 1.54) is 0 Å². The molecule has 0 aromatic heterocycles. The van der Waals surface area contributed by atoms with E-state index >= 15 is 0 Å². The molecular weight excluding hydrogens is 264 g/mol. The lowest BCUT2D eigenvalue weighted by Crippen LogP contribution is -2.22. The zero-order valence-corrected chi connectivity index (χ0v) is 9.74. The summed E-state index contributed by atoms with van der Waals surface area (Å²) in [6, 6.07) is 0. The van der Waals surface area contributed by atoms with Gasteiger partial charge in [-0.3, -0.25) is 9.35 Å². The summed E-state index contributed by atoms with van der Waals surface area (Å²) in [4.78, 5) is 10.2. The van der Waals surface area contributed by atoms with Gasteiger partial charge in [0.1, 0.15) is 0 Å². The van der Waals surface area contributed by atoms with Crippen LogP contribution in [-0.2, 0) is 24.3 Å². The molecule has 0 aromatic rings. The van der Waals surface area contributed by atoms with Crippen LogP contribution in [0, 0.1) is 0 Å². The summed E-state index contributed by atoms with van der Waals surface area (Å²) in [6.07, 6.45) is -0.554. The Labute approximate surface area is 96.4 Å². The molecule has 0 aliphatic heterocycles. The van der Waals surface area contributed by atoms with Crippen molar-refractivity contribution in [2.45, 2.75) is 24.5 Å². The van der Waals surface area contributed by atoms with E-state index in [0.717, 1.165) is 0 Å². The van der Waals surface area contributed by atoms with Crippen LogP contribution in [0.2, 0.25) is 0 Å². The van der Waals surface area contributed by atoms with E-state index in [1.807, 2.05) is 0 Å². The van der Waals surface area contributed by atoms with Crippen molar-refractivity contribution >= 4 is 28.1 Å². The number of rotatable bonds is 9. The van der Waals surface area contributed by atoms with Crippen LogP contribution in [-0.4, -0.2) is 40.3 Å². The van der Waals surface area contributed by atoms with Gasteiger partial charge in [0.25, 0.3) is 10.1 Å². The summed E-state index contributed by atoms with van der Waals surface area (Å²) < 4.78 is 34.5. The number of carbonyl (C=O) groups is 1. The third-order valence-electron chi connectivity index (χ3n) is 1.70. The molecule has 0 rings (SSSR count). The summed E-state index contributed by atoms with van der Waals surface area (Å²) in [5.41, 5.74) is 0. The van der Waals surface area contributed by atoms with Gasteiger partial charge in [0.05, 0.1) is 5.25 Å². The Hall–Kier alpha value is -0.390. The smallest absolute Gasteiger partial charge is 0.303 e. The van der Waals surface area contributed by atoms with Crippen molar-refractivity contribution in [3.63, 3.8) is 0 Å². The summed E-state index contributed by atoms with van der Waals surface area (Å²) in [5, 5.41) is 18.3. The van der Waals surface area contributed by atoms with Gasteiger partial charge >= 0.3 is 5.97 Å². The first kappa shape index (κ1) is 15.6. The number of carboxylic acid groups (broad SMARTS) is 1. The monoisotopic (exact) mass is 276 g/mol. The molecule has 1 unspecified atom stereocenters. The van der Waals surface area contributed by atoms with Crippen molar-refractivity contribution < 1.29 is 37.5 Å². The van der Waals surface area contributed by atoms with E-state index < -0.39 is 21.3 Å². The minimum Gasteiger partial charge on any atom is -0.481 e. The van der Waals surface area contributed by atoms with Crippen molar-refractivity contribution in [3.05, 3.63) is 0 Å². The largest absolute Gasteiger partial charge is 0.481 e. The van der Waals surface area contributed by atoms with E-state index in [-0.39, 0.29) is 25.0 Å². The van der Waals surface area contributed by atoms with Crippen LogP contribution < -0.4 is 0 Å². The highest BCUT2D eigenvalue weighted by Crippen LogP contribution is 2.15. The van der Waals surface area contributed by atoms with Crippen molar-refractivity contribution in [2.24, 2.45) is 0 Å². The van der Waals surface area contributed by atoms with Crippen molar-refractivity contribution in [1.29, 1.82) is 0 Å². The zero-order valence-electron chi connectivity index (χ0n) is 8.11. The maximum atomic E-state index is 10.8. The van der Waals surface area contributed by atoms with E-state index in [0.29, 0.717) is 12.0 Å². The average molecular weight is 276 g/mol. The lowest BCUT2D eigenvalue weighted by molar-refractivity contribution is -0.432. The molecule has 3 N–H and O–H groups in total. The fraction of sp³-hybridized carbons (Fsp3) is 0.833. The van der Waals surface area contributed by atoms with Gasteiger partial charge in [-0.15, -0.1) is 4.33 Å². The highest BCUT2D eigenvalue weighted by molar-refractivity contribution is 7.94. The van der Waals surface area contributed by atoms with Gasteiger partial charge in [0.15, 0.2) is 0 Å². The first-order chi connectivity index (χ1) is 7.38. The van der Waals surface area contributed by atoms with Gasteiger partial charge in [0.2, 0.25) is 0 Å². The second kappa shape index (κ2) is 7.81. The molecule has 0 aliphatic rings. The molecule has 1 atom stereocenters. The SMILES string of the molecule is O=C(O)CCC(CCSOOO)S(=O)(=O)O. The predicted octanol–water partition coefficient (Wildman–Crippen LogP) is 0.567. The highest BCUT2D eigenvalue weighted by Gasteiger charge is 2.23. The molecule has 0 heterocycles. The fourth-order valence-corrected chi connectivity index (χ4v) is 2.43. The third-order valence-corrected chi connectivity index (χ3v) is 3.58. The standard InChI is InChI=1S/C6H12O8S2/c7-6(8)2-1-5(16(10,11)12)3-4-15-14-13-9/h5,9H,1-4H2,(H,7,8)(H,10,11,12). The molecule has 0 saturated carbocycles. The normalized spacial score (nSPS) is 13.6. The van der Waals surface area contributed by atoms with Crippen LogP contribution in [0.25, 0.3) is 0 Å². The molecular formula is C6H12O8S2. The Balaban J connectivity index is 4.07. The Kier molecular flexibility index (Phi) is 7.62. The summed E-state index contributed by atoms with van der Waals surface area (Å²) in [5.74, 6) is -1.03. The number of hydrogen-bond donors (Lipinski definition) is 3. The first-order valence-electron chi connectivity index (χ1n) is 4.15. The number of carboxylic acids is 1. The Morgan fingerprint density at radius 1 is 1.38 bits per heavy atom. The molecule has 8 nitrogen and oxygen atoms in total. The van der Waals surface area contributed by atoms with Crippen LogP contribution in [0.3, 0.4) is 0 Å².